The van der Waals surface area contributed by atoms with Gasteiger partial charge in [-0.1, -0.05) is 48.0 Å². The van der Waals surface area contributed by atoms with E-state index in [0.29, 0.717) is 0 Å². The van der Waals surface area contributed by atoms with Crippen LogP contribution in [0.15, 0.2) is 22.7 Å². The van der Waals surface area contributed by atoms with Gasteiger partial charge in [0.2, 0.25) is 0 Å². The Morgan fingerprint density at radius 1 is 1.69 bits per heavy atom. The van der Waals surface area contributed by atoms with Gasteiger partial charge in [0.25, 0.3) is 0 Å². The second kappa shape index (κ2) is 3.66. The molecule has 1 aliphatic rings. The second-order valence-corrected chi connectivity index (χ2v) is 4.83. The van der Waals surface area contributed by atoms with Crippen molar-refractivity contribution in [2.24, 2.45) is 11.3 Å². The Hall–Kier alpha value is -0.570. The van der Waals surface area contributed by atoms with Gasteiger partial charge in [0.15, 0.2) is 0 Å². The predicted molar refractivity (Wildman–Crippen MR) is 55.7 cm³/mol. The maximum Gasteiger partial charge on any atom is 0.303 e. The van der Waals surface area contributed by atoms with E-state index in [1.807, 2.05) is 26.0 Å². The highest BCUT2D eigenvalue weighted by Gasteiger charge is 2.29. The van der Waals surface area contributed by atoms with E-state index in [1.54, 1.807) is 0 Å². The normalized spacial score (nSPS) is 25.5. The molecule has 3 heteroatoms. The molecule has 0 saturated carbocycles. The molecule has 72 valence electrons. The monoisotopic (exact) mass is 244 g/mol. The Kier molecular flexibility index (Phi) is 2.96. The molecule has 0 aromatic heterocycles. The zero-order chi connectivity index (χ0) is 10.1. The van der Waals surface area contributed by atoms with E-state index in [0.717, 1.165) is 4.48 Å². The summed E-state index contributed by atoms with van der Waals surface area (Å²) in [5, 5.41) is 8.70. The number of carbonyl (C=O) groups is 1. The van der Waals surface area contributed by atoms with Crippen LogP contribution in [-0.2, 0) is 4.79 Å². The van der Waals surface area contributed by atoms with Crippen molar-refractivity contribution in [2.75, 3.05) is 0 Å². The van der Waals surface area contributed by atoms with Gasteiger partial charge in [-0.3, -0.25) is 4.79 Å². The van der Waals surface area contributed by atoms with Gasteiger partial charge in [-0.05, 0) is 11.3 Å². The standard InChI is InChI=1S/C10H13BrO2/c1-10(2)6-8(11)4-3-7(10)5-9(12)13/h3-4,6-7H,5H2,1-2H3,(H,12,13). The Bertz CT molecular complexity index is 277. The third-order valence-corrected chi connectivity index (χ3v) is 2.84. The quantitative estimate of drug-likeness (QED) is 0.812. The molecule has 0 heterocycles. The van der Waals surface area contributed by atoms with Crippen LogP contribution in [0.3, 0.4) is 0 Å². The topological polar surface area (TPSA) is 37.3 Å². The van der Waals surface area contributed by atoms with Crippen molar-refractivity contribution in [1.29, 1.82) is 0 Å². The lowest BCUT2D eigenvalue weighted by molar-refractivity contribution is -0.138. The number of aliphatic carboxylic acids is 1. The smallest absolute Gasteiger partial charge is 0.303 e. The zero-order valence-corrected chi connectivity index (χ0v) is 9.34. The molecule has 2 nitrogen and oxygen atoms in total. The molecule has 0 aliphatic heterocycles. The average Bonchev–Trinajstić information content (AvgIpc) is 1.93. The maximum atomic E-state index is 10.6. The summed E-state index contributed by atoms with van der Waals surface area (Å²) in [4.78, 5) is 10.6. The van der Waals surface area contributed by atoms with Crippen LogP contribution in [0.1, 0.15) is 20.3 Å². The Morgan fingerprint density at radius 3 is 2.77 bits per heavy atom. The van der Waals surface area contributed by atoms with Crippen molar-refractivity contribution < 1.29 is 9.90 Å². The van der Waals surface area contributed by atoms with Gasteiger partial charge in [-0.2, -0.15) is 0 Å². The minimum absolute atomic E-state index is 0.0774. The van der Waals surface area contributed by atoms with Crippen LogP contribution in [0.4, 0.5) is 0 Å². The van der Waals surface area contributed by atoms with Crippen LogP contribution in [0.25, 0.3) is 0 Å². The predicted octanol–water partition coefficient (Wildman–Crippen LogP) is 2.95. The molecule has 0 amide bonds. The van der Waals surface area contributed by atoms with E-state index in [4.69, 9.17) is 5.11 Å². The van der Waals surface area contributed by atoms with Crippen LogP contribution >= 0.6 is 15.9 Å². The molecule has 1 aliphatic carbocycles. The molecule has 0 saturated heterocycles. The molecule has 0 aromatic rings. The molecule has 0 spiro atoms. The van der Waals surface area contributed by atoms with Crippen molar-refractivity contribution in [1.82, 2.24) is 0 Å². The van der Waals surface area contributed by atoms with Crippen molar-refractivity contribution >= 4 is 21.9 Å². The minimum Gasteiger partial charge on any atom is -0.481 e. The lowest BCUT2D eigenvalue weighted by atomic mass is 9.74. The highest BCUT2D eigenvalue weighted by molar-refractivity contribution is 9.11. The molecule has 1 rings (SSSR count). The van der Waals surface area contributed by atoms with E-state index in [1.165, 1.54) is 0 Å². The van der Waals surface area contributed by atoms with Gasteiger partial charge >= 0.3 is 5.97 Å². The van der Waals surface area contributed by atoms with Crippen molar-refractivity contribution in [3.05, 3.63) is 22.7 Å². The molecule has 1 N–H and O–H groups in total. The fraction of sp³-hybridized carbons (Fsp3) is 0.500. The van der Waals surface area contributed by atoms with E-state index < -0.39 is 5.97 Å². The fourth-order valence-electron chi connectivity index (χ4n) is 1.49. The summed E-state index contributed by atoms with van der Waals surface area (Å²) in [6, 6.07) is 0. The summed E-state index contributed by atoms with van der Waals surface area (Å²) < 4.78 is 1.03. The molecular formula is C10H13BrO2. The fourth-order valence-corrected chi connectivity index (χ4v) is 2.23. The SMILES string of the molecule is CC1(C)C=C(Br)C=CC1CC(=O)O. The van der Waals surface area contributed by atoms with Gasteiger partial charge < -0.3 is 5.11 Å². The largest absolute Gasteiger partial charge is 0.481 e. The van der Waals surface area contributed by atoms with Crippen LogP contribution < -0.4 is 0 Å². The first kappa shape index (κ1) is 10.5. The Morgan fingerprint density at radius 2 is 2.31 bits per heavy atom. The number of carboxylic acids is 1. The lowest BCUT2D eigenvalue weighted by Gasteiger charge is -2.31. The molecule has 13 heavy (non-hydrogen) atoms. The summed E-state index contributed by atoms with van der Waals surface area (Å²) in [5.41, 5.74) is -0.0774. The Balaban J connectivity index is 2.79. The number of carboxylic acid groups (broad SMARTS) is 1. The number of allylic oxidation sites excluding steroid dienone is 4. The third kappa shape index (κ3) is 2.69. The summed E-state index contributed by atoms with van der Waals surface area (Å²) in [6.07, 6.45) is 6.12. The highest BCUT2D eigenvalue weighted by Crippen LogP contribution is 2.38. The average molecular weight is 245 g/mol. The van der Waals surface area contributed by atoms with Gasteiger partial charge in [0.05, 0.1) is 6.42 Å². The first-order chi connectivity index (χ1) is 5.92. The van der Waals surface area contributed by atoms with Gasteiger partial charge in [0, 0.05) is 4.48 Å². The Labute approximate surface area is 86.5 Å². The zero-order valence-electron chi connectivity index (χ0n) is 7.75. The molecule has 0 aromatic carbocycles. The molecular weight excluding hydrogens is 232 g/mol. The van der Waals surface area contributed by atoms with Crippen LogP contribution in [0, 0.1) is 11.3 Å². The summed E-state index contributed by atoms with van der Waals surface area (Å²) in [7, 11) is 0. The summed E-state index contributed by atoms with van der Waals surface area (Å²) >= 11 is 3.38. The third-order valence-electron chi connectivity index (χ3n) is 2.35. The van der Waals surface area contributed by atoms with Crippen LogP contribution in [0.5, 0.6) is 0 Å². The molecule has 0 fully saturated rings. The van der Waals surface area contributed by atoms with Gasteiger partial charge in [-0.15, -0.1) is 0 Å². The van der Waals surface area contributed by atoms with Crippen molar-refractivity contribution in [3.63, 3.8) is 0 Å². The first-order valence-electron chi connectivity index (χ1n) is 4.20. The van der Waals surface area contributed by atoms with Crippen LogP contribution in [-0.4, -0.2) is 11.1 Å². The van der Waals surface area contributed by atoms with Crippen molar-refractivity contribution in [3.8, 4) is 0 Å². The number of rotatable bonds is 2. The van der Waals surface area contributed by atoms with Crippen LogP contribution in [0.2, 0.25) is 0 Å². The van der Waals surface area contributed by atoms with E-state index in [9.17, 15) is 4.79 Å². The van der Waals surface area contributed by atoms with E-state index in [-0.39, 0.29) is 17.8 Å². The maximum absolute atomic E-state index is 10.6. The lowest BCUT2D eigenvalue weighted by Crippen LogP contribution is -2.24. The van der Waals surface area contributed by atoms with Crippen molar-refractivity contribution in [2.45, 2.75) is 20.3 Å². The number of halogens is 1. The minimum atomic E-state index is -0.742. The number of hydrogen-bond donors (Lipinski definition) is 1. The highest BCUT2D eigenvalue weighted by atomic mass is 79.9. The summed E-state index contributed by atoms with van der Waals surface area (Å²) in [6.45, 7) is 4.09. The molecule has 1 atom stereocenters. The first-order valence-corrected chi connectivity index (χ1v) is 4.99. The molecule has 0 bridgehead atoms. The second-order valence-electron chi connectivity index (χ2n) is 3.91. The molecule has 0 radical (unpaired) electrons. The van der Waals surface area contributed by atoms with Gasteiger partial charge in [-0.25, -0.2) is 0 Å². The number of hydrogen-bond acceptors (Lipinski definition) is 1. The van der Waals surface area contributed by atoms with E-state index >= 15 is 0 Å². The van der Waals surface area contributed by atoms with E-state index in [2.05, 4.69) is 22.0 Å². The molecule has 1 unspecified atom stereocenters. The summed E-state index contributed by atoms with van der Waals surface area (Å²) in [5.74, 6) is -0.652. The van der Waals surface area contributed by atoms with Gasteiger partial charge in [0.1, 0.15) is 0 Å².